The van der Waals surface area contributed by atoms with E-state index in [2.05, 4.69) is 17.1 Å². The van der Waals surface area contributed by atoms with Crippen LogP contribution in [0.5, 0.6) is 0 Å². The first-order chi connectivity index (χ1) is 8.16. The van der Waals surface area contributed by atoms with Crippen LogP contribution in [0.15, 0.2) is 24.3 Å². The van der Waals surface area contributed by atoms with E-state index in [1.54, 1.807) is 12.1 Å². The van der Waals surface area contributed by atoms with Crippen molar-refractivity contribution in [3.63, 3.8) is 0 Å². The summed E-state index contributed by atoms with van der Waals surface area (Å²) in [6.07, 6.45) is -2.37. The molecule has 102 valence electrons. The topological polar surface area (TPSA) is 15.3 Å². The molecule has 1 fully saturated rings. The van der Waals surface area contributed by atoms with Gasteiger partial charge in [-0.15, -0.1) is 12.4 Å². The van der Waals surface area contributed by atoms with Gasteiger partial charge in [-0.05, 0) is 12.5 Å². The van der Waals surface area contributed by atoms with E-state index in [1.807, 2.05) is 0 Å². The van der Waals surface area contributed by atoms with E-state index in [0.29, 0.717) is 6.04 Å². The third-order valence-electron chi connectivity index (χ3n) is 3.26. The van der Waals surface area contributed by atoms with E-state index in [4.69, 9.17) is 0 Å². The molecule has 0 spiro atoms. The van der Waals surface area contributed by atoms with Gasteiger partial charge in [-0.2, -0.15) is 0 Å². The maximum Gasteiger partial charge on any atom is 0.263 e. The molecule has 1 aromatic rings. The van der Waals surface area contributed by atoms with Gasteiger partial charge in [0.25, 0.3) is 6.43 Å². The van der Waals surface area contributed by atoms with E-state index >= 15 is 0 Å². The van der Waals surface area contributed by atoms with Gasteiger partial charge in [0.15, 0.2) is 0 Å². The lowest BCUT2D eigenvalue weighted by Gasteiger charge is -2.33. The van der Waals surface area contributed by atoms with Crippen LogP contribution < -0.4 is 5.32 Å². The van der Waals surface area contributed by atoms with Crippen molar-refractivity contribution in [1.82, 2.24) is 10.2 Å². The molecule has 0 aromatic heterocycles. The predicted octanol–water partition coefficient (Wildman–Crippen LogP) is 2.84. The summed E-state index contributed by atoms with van der Waals surface area (Å²) in [6, 6.07) is 7.14. The van der Waals surface area contributed by atoms with Gasteiger partial charge in [0.2, 0.25) is 0 Å². The van der Waals surface area contributed by atoms with Crippen molar-refractivity contribution in [3.05, 3.63) is 35.4 Å². The van der Waals surface area contributed by atoms with Crippen molar-refractivity contribution in [2.45, 2.75) is 25.9 Å². The van der Waals surface area contributed by atoms with E-state index in [9.17, 15) is 8.78 Å². The molecular weight excluding hydrogens is 258 g/mol. The smallest absolute Gasteiger partial charge is 0.263 e. The monoisotopic (exact) mass is 276 g/mol. The zero-order chi connectivity index (χ0) is 12.3. The number of rotatable bonds is 3. The first-order valence-electron chi connectivity index (χ1n) is 5.98. The highest BCUT2D eigenvalue weighted by Gasteiger charge is 2.17. The zero-order valence-electron chi connectivity index (χ0n) is 10.4. The fraction of sp³-hybridized carbons (Fsp3) is 0.538. The summed E-state index contributed by atoms with van der Waals surface area (Å²) in [4.78, 5) is 2.37. The summed E-state index contributed by atoms with van der Waals surface area (Å²) in [5.41, 5.74) is 1.20. The molecule has 2 rings (SSSR count). The second kappa shape index (κ2) is 7.02. The molecule has 0 radical (unpaired) electrons. The van der Waals surface area contributed by atoms with Gasteiger partial charge in [0, 0.05) is 37.8 Å². The summed E-state index contributed by atoms with van der Waals surface area (Å²) in [5, 5.41) is 3.33. The largest absolute Gasteiger partial charge is 0.314 e. The number of alkyl halides is 2. The van der Waals surface area contributed by atoms with Crippen LogP contribution in [0.4, 0.5) is 8.78 Å². The normalized spacial score (nSPS) is 20.8. The molecule has 1 aromatic carbocycles. The van der Waals surface area contributed by atoms with Crippen LogP contribution in [0.1, 0.15) is 24.5 Å². The van der Waals surface area contributed by atoms with Crippen LogP contribution in [-0.2, 0) is 6.54 Å². The zero-order valence-corrected chi connectivity index (χ0v) is 11.2. The SMILES string of the molecule is C[C@@H]1CNCCN1Cc1ccc(C(F)F)cc1.Cl. The Kier molecular flexibility index (Phi) is 5.99. The van der Waals surface area contributed by atoms with Crippen molar-refractivity contribution in [2.24, 2.45) is 0 Å². The predicted molar refractivity (Wildman–Crippen MR) is 71.4 cm³/mol. The number of halogens is 3. The van der Waals surface area contributed by atoms with Gasteiger partial charge in [0.05, 0.1) is 0 Å². The first-order valence-corrected chi connectivity index (χ1v) is 5.98. The van der Waals surface area contributed by atoms with Crippen LogP contribution in [0, 0.1) is 0 Å². The first kappa shape index (κ1) is 15.3. The minimum atomic E-state index is -2.37. The molecule has 18 heavy (non-hydrogen) atoms. The molecule has 1 heterocycles. The van der Waals surface area contributed by atoms with Crippen LogP contribution in [0.25, 0.3) is 0 Å². The molecule has 0 unspecified atom stereocenters. The molecular formula is C13H19ClF2N2. The molecule has 0 saturated carbocycles. The molecule has 0 bridgehead atoms. The van der Waals surface area contributed by atoms with Gasteiger partial charge < -0.3 is 5.32 Å². The molecule has 0 aliphatic carbocycles. The lowest BCUT2D eigenvalue weighted by Crippen LogP contribution is -2.49. The number of hydrogen-bond acceptors (Lipinski definition) is 2. The molecule has 1 saturated heterocycles. The lowest BCUT2D eigenvalue weighted by molar-refractivity contribution is 0.151. The molecule has 1 N–H and O–H groups in total. The molecule has 1 aliphatic heterocycles. The summed E-state index contributed by atoms with van der Waals surface area (Å²) in [7, 11) is 0. The van der Waals surface area contributed by atoms with Crippen molar-refractivity contribution in [2.75, 3.05) is 19.6 Å². The Bertz CT molecular complexity index is 357. The van der Waals surface area contributed by atoms with Crippen molar-refractivity contribution < 1.29 is 8.78 Å². The van der Waals surface area contributed by atoms with Gasteiger partial charge in [-0.25, -0.2) is 8.78 Å². The number of nitrogens with zero attached hydrogens (tertiary/aromatic N) is 1. The van der Waals surface area contributed by atoms with Crippen molar-refractivity contribution in [1.29, 1.82) is 0 Å². The molecule has 1 atom stereocenters. The molecule has 5 heteroatoms. The Morgan fingerprint density at radius 1 is 1.33 bits per heavy atom. The Morgan fingerprint density at radius 2 is 2.00 bits per heavy atom. The molecule has 1 aliphatic rings. The van der Waals surface area contributed by atoms with E-state index in [1.165, 1.54) is 12.1 Å². The third-order valence-corrected chi connectivity index (χ3v) is 3.26. The second-order valence-electron chi connectivity index (χ2n) is 4.57. The van der Waals surface area contributed by atoms with Gasteiger partial charge in [-0.1, -0.05) is 24.3 Å². The lowest BCUT2D eigenvalue weighted by atomic mass is 10.1. The number of piperazine rings is 1. The van der Waals surface area contributed by atoms with Gasteiger partial charge in [-0.3, -0.25) is 4.90 Å². The quantitative estimate of drug-likeness (QED) is 0.913. The molecule has 2 nitrogen and oxygen atoms in total. The second-order valence-corrected chi connectivity index (χ2v) is 4.57. The Hall–Kier alpha value is -0.710. The minimum Gasteiger partial charge on any atom is -0.314 e. The fourth-order valence-electron chi connectivity index (χ4n) is 2.12. The Labute approximate surface area is 113 Å². The Morgan fingerprint density at radius 3 is 2.56 bits per heavy atom. The maximum absolute atomic E-state index is 12.4. The maximum atomic E-state index is 12.4. The van der Waals surface area contributed by atoms with Gasteiger partial charge >= 0.3 is 0 Å². The van der Waals surface area contributed by atoms with Crippen molar-refractivity contribution >= 4 is 12.4 Å². The van der Waals surface area contributed by atoms with E-state index < -0.39 is 6.43 Å². The third kappa shape index (κ3) is 3.90. The number of nitrogens with one attached hydrogen (secondary N) is 1. The van der Waals surface area contributed by atoms with Crippen LogP contribution in [0.2, 0.25) is 0 Å². The van der Waals surface area contributed by atoms with Crippen LogP contribution in [-0.4, -0.2) is 30.6 Å². The average Bonchev–Trinajstić information content (AvgIpc) is 2.33. The standard InChI is InChI=1S/C13H18F2N2.ClH/c1-10-8-16-6-7-17(10)9-11-2-4-12(5-3-11)13(14)15;/h2-5,10,13,16H,6-9H2,1H3;1H/t10-;/m1./s1. The number of benzene rings is 1. The summed E-state index contributed by atoms with van der Waals surface area (Å²) < 4.78 is 24.8. The highest BCUT2D eigenvalue weighted by molar-refractivity contribution is 5.85. The summed E-state index contributed by atoms with van der Waals surface area (Å²) in [6.45, 7) is 6.03. The summed E-state index contributed by atoms with van der Waals surface area (Å²) in [5.74, 6) is 0. The molecule has 0 amide bonds. The van der Waals surface area contributed by atoms with Gasteiger partial charge in [0.1, 0.15) is 0 Å². The van der Waals surface area contributed by atoms with Crippen molar-refractivity contribution in [3.8, 4) is 0 Å². The van der Waals surface area contributed by atoms with E-state index in [-0.39, 0.29) is 18.0 Å². The highest BCUT2D eigenvalue weighted by atomic mass is 35.5. The average molecular weight is 277 g/mol. The van der Waals surface area contributed by atoms with Crippen LogP contribution >= 0.6 is 12.4 Å². The fourth-order valence-corrected chi connectivity index (χ4v) is 2.12. The highest BCUT2D eigenvalue weighted by Crippen LogP contribution is 2.19. The van der Waals surface area contributed by atoms with Crippen LogP contribution in [0.3, 0.4) is 0 Å². The number of hydrogen-bond donors (Lipinski definition) is 1. The van der Waals surface area contributed by atoms with E-state index in [0.717, 1.165) is 31.7 Å². The minimum absolute atomic E-state index is 0. The summed E-state index contributed by atoms with van der Waals surface area (Å²) >= 11 is 0. The Balaban J connectivity index is 0.00000162.